The largest absolute Gasteiger partial charge is 0.375 e. The number of thiazole rings is 1. The molecule has 0 aromatic carbocycles. The summed E-state index contributed by atoms with van der Waals surface area (Å²) in [7, 11) is 0. The minimum Gasteiger partial charge on any atom is -0.375 e. The molecule has 1 aliphatic rings. The molecule has 108 valence electrons. The van der Waals surface area contributed by atoms with Crippen LogP contribution in [0.15, 0.2) is 48.1 Å². The van der Waals surface area contributed by atoms with Crippen molar-refractivity contribution in [2.75, 3.05) is 17.2 Å². The van der Waals surface area contributed by atoms with E-state index >= 15 is 0 Å². The van der Waals surface area contributed by atoms with E-state index in [1.54, 1.807) is 18.3 Å². The van der Waals surface area contributed by atoms with Crippen molar-refractivity contribution in [3.05, 3.63) is 48.1 Å². The Morgan fingerprint density at radius 1 is 1.43 bits per heavy atom. The molecule has 0 radical (unpaired) electrons. The summed E-state index contributed by atoms with van der Waals surface area (Å²) in [6.45, 7) is 2.68. The monoisotopic (exact) mass is 302 g/mol. The highest BCUT2D eigenvalue weighted by atomic mass is 32.1. The Hall–Kier alpha value is -2.21. The number of fused-ring (bicyclic) bond motifs is 1. The Morgan fingerprint density at radius 3 is 3.14 bits per heavy atom. The second kappa shape index (κ2) is 5.65. The van der Waals surface area contributed by atoms with Crippen LogP contribution in [-0.2, 0) is 0 Å². The lowest BCUT2D eigenvalue weighted by Crippen LogP contribution is -2.18. The van der Waals surface area contributed by atoms with Crippen molar-refractivity contribution in [1.29, 1.82) is 0 Å². The van der Waals surface area contributed by atoms with Crippen molar-refractivity contribution in [3.8, 4) is 0 Å². The van der Waals surface area contributed by atoms with Crippen LogP contribution in [0, 0.1) is 0 Å². The lowest BCUT2D eigenvalue weighted by molar-refractivity contribution is 0.664. The summed E-state index contributed by atoms with van der Waals surface area (Å²) >= 11 is 1.37. The summed E-state index contributed by atoms with van der Waals surface area (Å²) in [5, 5.41) is 0.500. The van der Waals surface area contributed by atoms with E-state index in [1.165, 1.54) is 17.4 Å². The Labute approximate surface area is 126 Å². The van der Waals surface area contributed by atoms with Gasteiger partial charge in [-0.2, -0.15) is 0 Å². The third-order valence-electron chi connectivity index (χ3n) is 3.25. The van der Waals surface area contributed by atoms with Crippen molar-refractivity contribution in [2.45, 2.75) is 13.3 Å². The average Bonchev–Trinajstić information content (AvgIpc) is 2.84. The molecule has 2 aromatic heterocycles. The lowest BCUT2D eigenvalue weighted by Gasteiger charge is -2.20. The van der Waals surface area contributed by atoms with E-state index in [4.69, 9.17) is 5.73 Å². The molecular formula is C15H15FN4S. The highest BCUT2D eigenvalue weighted by molar-refractivity contribution is 7.21. The summed E-state index contributed by atoms with van der Waals surface area (Å²) in [6, 6.07) is 1.91. The van der Waals surface area contributed by atoms with Gasteiger partial charge < -0.3 is 10.6 Å². The van der Waals surface area contributed by atoms with Gasteiger partial charge in [-0.1, -0.05) is 16.9 Å². The number of nitrogens with zero attached hydrogens (tertiary/aromatic N) is 3. The number of nitrogen functional groups attached to an aromatic ring is 1. The van der Waals surface area contributed by atoms with Gasteiger partial charge in [0.1, 0.15) is 16.2 Å². The maximum atomic E-state index is 13.5. The summed E-state index contributed by atoms with van der Waals surface area (Å²) in [5.74, 6) is -0.233. The number of hydrogen-bond donors (Lipinski definition) is 1. The number of aromatic nitrogens is 2. The lowest BCUT2D eigenvalue weighted by atomic mass is 10.2. The molecule has 2 aromatic rings. The van der Waals surface area contributed by atoms with Crippen LogP contribution in [0.1, 0.15) is 13.3 Å². The topological polar surface area (TPSA) is 55.0 Å². The predicted octanol–water partition coefficient (Wildman–Crippen LogP) is 3.80. The standard InChI is InChI=1S/C15H15FN4S/c1-10-5-8-20(7-2-3-11(16)9-10)12-4-6-18-14-13(12)19-15(17)21-14/h2-4,6-7,9H,5,8H2,1H3,(H2,17,19)/b7-2+,10-9+,11-3+. The number of pyridine rings is 1. The SMILES string of the molecule is C\C1=C/C(F)=C\C=C\N(c2ccnc3sc(N)nc23)CC1. The number of hydrogen-bond acceptors (Lipinski definition) is 5. The van der Waals surface area contributed by atoms with E-state index in [0.29, 0.717) is 5.13 Å². The second-order valence-electron chi connectivity index (χ2n) is 4.86. The molecule has 4 nitrogen and oxygen atoms in total. The Morgan fingerprint density at radius 2 is 2.29 bits per heavy atom. The fraction of sp³-hybridized carbons (Fsp3) is 0.200. The zero-order valence-corrected chi connectivity index (χ0v) is 12.4. The van der Waals surface area contributed by atoms with Crippen LogP contribution in [0.5, 0.6) is 0 Å². The normalized spacial score (nSPS) is 22.7. The number of rotatable bonds is 1. The molecule has 0 fully saturated rings. The molecule has 0 unspecified atom stereocenters. The number of allylic oxidation sites excluding steroid dienone is 4. The van der Waals surface area contributed by atoms with E-state index in [0.717, 1.165) is 34.6 Å². The number of halogens is 1. The van der Waals surface area contributed by atoms with Crippen LogP contribution in [0.4, 0.5) is 15.2 Å². The third-order valence-corrected chi connectivity index (χ3v) is 4.05. The van der Waals surface area contributed by atoms with Crippen molar-refractivity contribution >= 4 is 32.5 Å². The summed E-state index contributed by atoms with van der Waals surface area (Å²) < 4.78 is 13.5. The summed E-state index contributed by atoms with van der Waals surface area (Å²) in [6.07, 6.45) is 9.10. The highest BCUT2D eigenvalue weighted by Gasteiger charge is 2.13. The molecule has 0 saturated carbocycles. The Balaban J connectivity index is 2.03. The zero-order chi connectivity index (χ0) is 14.8. The fourth-order valence-electron chi connectivity index (χ4n) is 2.24. The van der Waals surface area contributed by atoms with E-state index < -0.39 is 0 Å². The van der Waals surface area contributed by atoms with Gasteiger partial charge in [-0.3, -0.25) is 0 Å². The second-order valence-corrected chi connectivity index (χ2v) is 5.87. The molecule has 1 aliphatic heterocycles. The molecule has 0 atom stereocenters. The smallest absolute Gasteiger partial charge is 0.182 e. The molecule has 3 heterocycles. The maximum absolute atomic E-state index is 13.5. The van der Waals surface area contributed by atoms with Crippen molar-refractivity contribution < 1.29 is 4.39 Å². The molecule has 0 aliphatic carbocycles. The fourth-order valence-corrected chi connectivity index (χ4v) is 2.93. The van der Waals surface area contributed by atoms with Gasteiger partial charge in [0.15, 0.2) is 5.13 Å². The first kappa shape index (κ1) is 13.8. The molecule has 0 spiro atoms. The van der Waals surface area contributed by atoms with Gasteiger partial charge in [0.05, 0.1) is 5.69 Å². The van der Waals surface area contributed by atoms with Crippen LogP contribution in [0.3, 0.4) is 0 Å². The number of anilines is 2. The highest BCUT2D eigenvalue weighted by Crippen LogP contribution is 2.30. The van der Waals surface area contributed by atoms with E-state index in [9.17, 15) is 4.39 Å². The summed E-state index contributed by atoms with van der Waals surface area (Å²) in [5.41, 5.74) is 8.50. The maximum Gasteiger partial charge on any atom is 0.182 e. The molecule has 0 bridgehead atoms. The minimum atomic E-state index is -0.233. The van der Waals surface area contributed by atoms with Crippen LogP contribution in [0.25, 0.3) is 10.3 Å². The van der Waals surface area contributed by atoms with Crippen LogP contribution >= 0.6 is 11.3 Å². The van der Waals surface area contributed by atoms with Gasteiger partial charge in [-0.25, -0.2) is 14.4 Å². The number of nitrogens with two attached hydrogens (primary N) is 1. The first-order valence-electron chi connectivity index (χ1n) is 6.62. The average molecular weight is 302 g/mol. The van der Waals surface area contributed by atoms with E-state index in [2.05, 4.69) is 14.9 Å². The van der Waals surface area contributed by atoms with Gasteiger partial charge in [-0.15, -0.1) is 0 Å². The molecule has 2 N–H and O–H groups in total. The minimum absolute atomic E-state index is 0.233. The van der Waals surface area contributed by atoms with Crippen molar-refractivity contribution in [1.82, 2.24) is 9.97 Å². The van der Waals surface area contributed by atoms with Gasteiger partial charge in [0, 0.05) is 18.9 Å². The van der Waals surface area contributed by atoms with Gasteiger partial charge in [0.25, 0.3) is 0 Å². The van der Waals surface area contributed by atoms with Gasteiger partial charge in [-0.05, 0) is 37.6 Å². The van der Waals surface area contributed by atoms with Crippen LogP contribution in [0.2, 0.25) is 0 Å². The Kier molecular flexibility index (Phi) is 3.70. The molecule has 0 amide bonds. The van der Waals surface area contributed by atoms with Crippen LogP contribution < -0.4 is 10.6 Å². The molecule has 21 heavy (non-hydrogen) atoms. The van der Waals surface area contributed by atoms with Crippen molar-refractivity contribution in [3.63, 3.8) is 0 Å². The third kappa shape index (κ3) is 2.95. The first-order valence-corrected chi connectivity index (χ1v) is 7.44. The Bertz CT molecular complexity index is 760. The molecular weight excluding hydrogens is 287 g/mol. The molecule has 3 rings (SSSR count). The van der Waals surface area contributed by atoms with E-state index in [-0.39, 0.29) is 5.83 Å². The van der Waals surface area contributed by atoms with Gasteiger partial charge >= 0.3 is 0 Å². The van der Waals surface area contributed by atoms with E-state index in [1.807, 2.05) is 19.2 Å². The first-order chi connectivity index (χ1) is 10.1. The van der Waals surface area contributed by atoms with Crippen molar-refractivity contribution in [2.24, 2.45) is 0 Å². The predicted molar refractivity (Wildman–Crippen MR) is 85.9 cm³/mol. The van der Waals surface area contributed by atoms with Gasteiger partial charge in [0.2, 0.25) is 0 Å². The molecule has 0 saturated heterocycles. The van der Waals surface area contributed by atoms with Crippen LogP contribution in [-0.4, -0.2) is 16.5 Å². The zero-order valence-electron chi connectivity index (χ0n) is 11.6. The molecule has 6 heteroatoms. The summed E-state index contributed by atoms with van der Waals surface area (Å²) in [4.78, 5) is 11.5. The quantitative estimate of drug-likeness (QED) is 0.870.